The summed E-state index contributed by atoms with van der Waals surface area (Å²) in [5, 5.41) is 0. The molecule has 0 spiro atoms. The van der Waals surface area contributed by atoms with E-state index in [0.717, 1.165) is 19.3 Å². The van der Waals surface area contributed by atoms with Crippen molar-refractivity contribution in [3.63, 3.8) is 0 Å². The topological polar surface area (TPSA) is 52.3 Å². The first kappa shape index (κ1) is 12.3. The number of amides is 1. The molecule has 0 aliphatic heterocycles. The summed E-state index contributed by atoms with van der Waals surface area (Å²) < 4.78 is 5.08. The molecule has 3 heteroatoms. The van der Waals surface area contributed by atoms with Gasteiger partial charge in [0, 0.05) is 0 Å². The molecule has 0 aromatic rings. The lowest BCUT2D eigenvalue weighted by Crippen LogP contribution is -2.33. The predicted octanol–water partition coefficient (Wildman–Crippen LogP) is 2.69. The predicted molar refractivity (Wildman–Crippen MR) is 53.4 cm³/mol. The fraction of sp³-hybridized carbons (Fsp3) is 0.900. The molecule has 0 aromatic heterocycles. The standard InChI is InChI=1S/C10H21NO2/c1-5-10(4,13-9(11)12)7-6-8(2)3/h8H,5-7H2,1-4H3,(H2,11,12). The second-order valence-electron chi connectivity index (χ2n) is 4.16. The Labute approximate surface area is 80.6 Å². The summed E-state index contributed by atoms with van der Waals surface area (Å²) in [4.78, 5) is 10.6. The van der Waals surface area contributed by atoms with E-state index in [4.69, 9.17) is 10.5 Å². The number of hydrogen-bond donors (Lipinski definition) is 1. The number of primary amides is 1. The van der Waals surface area contributed by atoms with Crippen LogP contribution in [-0.4, -0.2) is 11.7 Å². The summed E-state index contributed by atoms with van der Waals surface area (Å²) in [7, 11) is 0. The van der Waals surface area contributed by atoms with Crippen LogP contribution in [0.25, 0.3) is 0 Å². The number of rotatable bonds is 5. The Morgan fingerprint density at radius 3 is 2.38 bits per heavy atom. The number of ether oxygens (including phenoxy) is 1. The molecule has 0 saturated heterocycles. The average molecular weight is 187 g/mol. The van der Waals surface area contributed by atoms with Gasteiger partial charge in [0.1, 0.15) is 5.60 Å². The fourth-order valence-electron chi connectivity index (χ4n) is 1.14. The van der Waals surface area contributed by atoms with E-state index >= 15 is 0 Å². The van der Waals surface area contributed by atoms with Crippen molar-refractivity contribution in [2.45, 2.75) is 52.6 Å². The van der Waals surface area contributed by atoms with Gasteiger partial charge >= 0.3 is 6.09 Å². The molecule has 0 rings (SSSR count). The Bertz CT molecular complexity index is 168. The Hall–Kier alpha value is -0.730. The van der Waals surface area contributed by atoms with E-state index in [9.17, 15) is 4.79 Å². The van der Waals surface area contributed by atoms with E-state index in [2.05, 4.69) is 13.8 Å². The van der Waals surface area contributed by atoms with E-state index in [1.165, 1.54) is 0 Å². The van der Waals surface area contributed by atoms with Crippen LogP contribution in [0.4, 0.5) is 4.79 Å². The fourth-order valence-corrected chi connectivity index (χ4v) is 1.14. The van der Waals surface area contributed by atoms with Gasteiger partial charge in [0.15, 0.2) is 0 Å². The van der Waals surface area contributed by atoms with Gasteiger partial charge in [-0.25, -0.2) is 4.79 Å². The quantitative estimate of drug-likeness (QED) is 0.719. The van der Waals surface area contributed by atoms with Crippen molar-refractivity contribution < 1.29 is 9.53 Å². The summed E-state index contributed by atoms with van der Waals surface area (Å²) in [6, 6.07) is 0. The number of carbonyl (C=O) groups excluding carboxylic acids is 1. The maximum atomic E-state index is 10.6. The molecule has 2 N–H and O–H groups in total. The van der Waals surface area contributed by atoms with Gasteiger partial charge in [-0.1, -0.05) is 20.8 Å². The van der Waals surface area contributed by atoms with Crippen molar-refractivity contribution in [2.75, 3.05) is 0 Å². The molecular formula is C10H21NO2. The van der Waals surface area contributed by atoms with Crippen molar-refractivity contribution >= 4 is 6.09 Å². The molecule has 0 radical (unpaired) electrons. The first-order chi connectivity index (χ1) is 5.89. The minimum atomic E-state index is -0.673. The molecule has 1 unspecified atom stereocenters. The minimum absolute atomic E-state index is 0.379. The van der Waals surface area contributed by atoms with Crippen LogP contribution in [-0.2, 0) is 4.74 Å². The Morgan fingerprint density at radius 2 is 2.08 bits per heavy atom. The highest BCUT2D eigenvalue weighted by atomic mass is 16.6. The highest BCUT2D eigenvalue weighted by Gasteiger charge is 2.25. The van der Waals surface area contributed by atoms with Gasteiger partial charge < -0.3 is 10.5 Å². The van der Waals surface area contributed by atoms with Crippen LogP contribution >= 0.6 is 0 Å². The Balaban J connectivity index is 4.03. The Kier molecular flexibility index (Phi) is 4.81. The van der Waals surface area contributed by atoms with Crippen molar-refractivity contribution in [1.29, 1.82) is 0 Å². The van der Waals surface area contributed by atoms with Gasteiger partial charge in [-0.2, -0.15) is 0 Å². The number of nitrogens with two attached hydrogens (primary N) is 1. The van der Waals surface area contributed by atoms with Crippen molar-refractivity contribution in [1.82, 2.24) is 0 Å². The van der Waals surface area contributed by atoms with E-state index in [-0.39, 0.29) is 5.60 Å². The van der Waals surface area contributed by atoms with Gasteiger partial charge in [0.05, 0.1) is 0 Å². The summed E-state index contributed by atoms with van der Waals surface area (Å²) >= 11 is 0. The molecule has 78 valence electrons. The summed E-state index contributed by atoms with van der Waals surface area (Å²) in [6.45, 7) is 8.24. The maximum Gasteiger partial charge on any atom is 0.405 e. The molecule has 0 aromatic carbocycles. The molecule has 1 atom stereocenters. The Morgan fingerprint density at radius 1 is 1.54 bits per heavy atom. The molecule has 0 aliphatic rings. The number of hydrogen-bond acceptors (Lipinski definition) is 2. The van der Waals surface area contributed by atoms with Gasteiger partial charge in [-0.15, -0.1) is 0 Å². The third-order valence-electron chi connectivity index (χ3n) is 2.35. The summed E-state index contributed by atoms with van der Waals surface area (Å²) in [5.74, 6) is 0.627. The molecule has 0 bridgehead atoms. The largest absolute Gasteiger partial charge is 0.443 e. The normalized spacial score (nSPS) is 15.5. The van der Waals surface area contributed by atoms with Crippen molar-refractivity contribution in [3.05, 3.63) is 0 Å². The van der Waals surface area contributed by atoms with E-state index in [1.54, 1.807) is 0 Å². The molecule has 1 amide bonds. The molecule has 0 heterocycles. The zero-order chi connectivity index (χ0) is 10.5. The van der Waals surface area contributed by atoms with Gasteiger partial charge in [0.2, 0.25) is 0 Å². The first-order valence-electron chi connectivity index (χ1n) is 4.88. The van der Waals surface area contributed by atoms with Gasteiger partial charge in [0.25, 0.3) is 0 Å². The maximum absolute atomic E-state index is 10.6. The van der Waals surface area contributed by atoms with Crippen LogP contribution < -0.4 is 5.73 Å². The van der Waals surface area contributed by atoms with Crippen LogP contribution in [0.5, 0.6) is 0 Å². The number of carbonyl (C=O) groups is 1. The monoisotopic (exact) mass is 187 g/mol. The molecular weight excluding hydrogens is 166 g/mol. The molecule has 0 saturated carbocycles. The summed E-state index contributed by atoms with van der Waals surface area (Å²) in [5.41, 5.74) is 4.62. The SMILES string of the molecule is CCC(C)(CCC(C)C)OC(N)=O. The van der Waals surface area contributed by atoms with Gasteiger partial charge in [-0.3, -0.25) is 0 Å². The van der Waals surface area contributed by atoms with E-state index < -0.39 is 6.09 Å². The van der Waals surface area contributed by atoms with Gasteiger partial charge in [-0.05, 0) is 32.1 Å². The second kappa shape index (κ2) is 5.10. The third kappa shape index (κ3) is 5.50. The highest BCUT2D eigenvalue weighted by molar-refractivity contribution is 5.65. The smallest absolute Gasteiger partial charge is 0.405 e. The van der Waals surface area contributed by atoms with Crippen LogP contribution in [0, 0.1) is 5.92 Å². The zero-order valence-corrected chi connectivity index (χ0v) is 9.09. The lowest BCUT2D eigenvalue weighted by molar-refractivity contribution is 0.0175. The van der Waals surface area contributed by atoms with Crippen LogP contribution in [0.15, 0.2) is 0 Å². The minimum Gasteiger partial charge on any atom is -0.443 e. The van der Waals surface area contributed by atoms with Crippen LogP contribution in [0.2, 0.25) is 0 Å². The van der Waals surface area contributed by atoms with Crippen LogP contribution in [0.3, 0.4) is 0 Å². The molecule has 3 nitrogen and oxygen atoms in total. The van der Waals surface area contributed by atoms with Crippen molar-refractivity contribution in [3.8, 4) is 0 Å². The van der Waals surface area contributed by atoms with Crippen LogP contribution in [0.1, 0.15) is 47.0 Å². The second-order valence-corrected chi connectivity index (χ2v) is 4.16. The first-order valence-corrected chi connectivity index (χ1v) is 4.88. The third-order valence-corrected chi connectivity index (χ3v) is 2.35. The zero-order valence-electron chi connectivity index (χ0n) is 9.09. The molecule has 13 heavy (non-hydrogen) atoms. The summed E-state index contributed by atoms with van der Waals surface area (Å²) in [6.07, 6.45) is 2.07. The van der Waals surface area contributed by atoms with E-state index in [1.807, 2.05) is 13.8 Å². The molecule has 0 aliphatic carbocycles. The lowest BCUT2D eigenvalue weighted by Gasteiger charge is -2.28. The van der Waals surface area contributed by atoms with Crippen molar-refractivity contribution in [2.24, 2.45) is 11.7 Å². The lowest BCUT2D eigenvalue weighted by atomic mass is 9.93. The average Bonchev–Trinajstić information content (AvgIpc) is 2.00. The molecule has 0 fully saturated rings. The highest BCUT2D eigenvalue weighted by Crippen LogP contribution is 2.23. The van der Waals surface area contributed by atoms with E-state index in [0.29, 0.717) is 5.92 Å².